The Kier molecular flexibility index (Phi) is 4.03. The molecule has 74 valence electrons. The van der Waals surface area contributed by atoms with Crippen LogP contribution in [0.25, 0.3) is 0 Å². The van der Waals surface area contributed by atoms with E-state index < -0.39 is 0 Å². The molecule has 0 aliphatic carbocycles. The third-order valence-electron chi connectivity index (χ3n) is 2.38. The largest absolute Gasteiger partial charge is 0.395 e. The molecule has 13 heavy (non-hydrogen) atoms. The molecule has 0 unspecified atom stereocenters. The van der Waals surface area contributed by atoms with Gasteiger partial charge in [-0.3, -0.25) is 0 Å². The van der Waals surface area contributed by atoms with E-state index in [0.29, 0.717) is 0 Å². The summed E-state index contributed by atoms with van der Waals surface area (Å²) in [5.41, 5.74) is 2.83. The highest BCUT2D eigenvalue weighted by molar-refractivity contribution is 5.22. The van der Waals surface area contributed by atoms with Gasteiger partial charge in [-0.15, -0.1) is 0 Å². The molecule has 0 saturated heterocycles. The molecule has 0 atom stereocenters. The van der Waals surface area contributed by atoms with Crippen molar-refractivity contribution < 1.29 is 5.11 Å². The Morgan fingerprint density at radius 3 is 2.69 bits per heavy atom. The third kappa shape index (κ3) is 2.34. The van der Waals surface area contributed by atoms with E-state index in [-0.39, 0.29) is 6.61 Å². The topological polar surface area (TPSA) is 25.2 Å². The van der Waals surface area contributed by atoms with Gasteiger partial charge in [-0.05, 0) is 24.5 Å². The lowest BCUT2D eigenvalue weighted by Gasteiger charge is -2.08. The van der Waals surface area contributed by atoms with Gasteiger partial charge in [-0.25, -0.2) is 0 Å². The van der Waals surface area contributed by atoms with Gasteiger partial charge in [0.25, 0.3) is 0 Å². The van der Waals surface area contributed by atoms with Crippen LogP contribution in [0.15, 0.2) is 12.3 Å². The van der Waals surface area contributed by atoms with Gasteiger partial charge < -0.3 is 9.67 Å². The number of hydrogen-bond acceptors (Lipinski definition) is 1. The second-order valence-corrected chi connectivity index (χ2v) is 3.31. The van der Waals surface area contributed by atoms with Crippen molar-refractivity contribution in [2.45, 2.75) is 39.7 Å². The van der Waals surface area contributed by atoms with Crippen molar-refractivity contribution in [3.63, 3.8) is 0 Å². The van der Waals surface area contributed by atoms with Gasteiger partial charge in [-0.2, -0.15) is 0 Å². The molecule has 0 fully saturated rings. The zero-order chi connectivity index (χ0) is 9.68. The average molecular weight is 181 g/mol. The van der Waals surface area contributed by atoms with Crippen LogP contribution in [0.1, 0.15) is 31.5 Å². The van der Waals surface area contributed by atoms with Crippen LogP contribution in [0.4, 0.5) is 0 Å². The van der Waals surface area contributed by atoms with Crippen LogP contribution in [-0.2, 0) is 19.4 Å². The highest BCUT2D eigenvalue weighted by Gasteiger charge is 2.05. The van der Waals surface area contributed by atoms with Crippen LogP contribution in [0.2, 0.25) is 0 Å². The zero-order valence-electron chi connectivity index (χ0n) is 8.58. The van der Waals surface area contributed by atoms with Crippen molar-refractivity contribution in [3.8, 4) is 0 Å². The Labute approximate surface area is 80.2 Å². The molecule has 0 aromatic carbocycles. The maximum Gasteiger partial charge on any atom is 0.0610 e. The molecular formula is C11H19NO. The lowest BCUT2D eigenvalue weighted by atomic mass is 10.1. The van der Waals surface area contributed by atoms with Crippen LogP contribution in [0, 0.1) is 0 Å². The predicted molar refractivity (Wildman–Crippen MR) is 54.9 cm³/mol. The minimum atomic E-state index is 0.231. The number of aryl methyl sites for hydroxylation is 1. The number of aliphatic hydroxyl groups is 1. The van der Waals surface area contributed by atoms with Gasteiger partial charge in [0.15, 0.2) is 0 Å². The summed E-state index contributed by atoms with van der Waals surface area (Å²) >= 11 is 0. The molecule has 1 rings (SSSR count). The van der Waals surface area contributed by atoms with Crippen LogP contribution < -0.4 is 0 Å². The number of nitrogens with zero attached hydrogens (tertiary/aromatic N) is 1. The van der Waals surface area contributed by atoms with Crippen LogP contribution in [0.3, 0.4) is 0 Å². The fourth-order valence-corrected chi connectivity index (χ4v) is 1.73. The van der Waals surface area contributed by atoms with Crippen LogP contribution in [0.5, 0.6) is 0 Å². The predicted octanol–water partition coefficient (Wildman–Crippen LogP) is 2.00. The van der Waals surface area contributed by atoms with E-state index in [9.17, 15) is 0 Å². The smallest absolute Gasteiger partial charge is 0.0610 e. The Morgan fingerprint density at radius 1 is 1.38 bits per heavy atom. The summed E-state index contributed by atoms with van der Waals surface area (Å²) in [5, 5.41) is 8.87. The van der Waals surface area contributed by atoms with E-state index in [2.05, 4.69) is 30.7 Å². The van der Waals surface area contributed by atoms with E-state index >= 15 is 0 Å². The molecule has 1 N–H and O–H groups in total. The molecule has 0 spiro atoms. The zero-order valence-corrected chi connectivity index (χ0v) is 8.58. The molecule has 0 bridgehead atoms. The number of aliphatic hydroxyl groups excluding tert-OH is 1. The molecule has 0 amide bonds. The second kappa shape index (κ2) is 5.07. The summed E-state index contributed by atoms with van der Waals surface area (Å²) < 4.78 is 2.17. The standard InChI is InChI=1S/C11H19NO/c1-3-5-11-10(4-2)6-7-12(11)8-9-13/h6-7,13H,3-5,8-9H2,1-2H3. The van der Waals surface area contributed by atoms with Gasteiger partial charge in [-0.1, -0.05) is 20.3 Å². The quantitative estimate of drug-likeness (QED) is 0.738. The first-order valence-corrected chi connectivity index (χ1v) is 5.11. The van der Waals surface area contributed by atoms with Gasteiger partial charge >= 0.3 is 0 Å². The summed E-state index contributed by atoms with van der Waals surface area (Å²) in [5.74, 6) is 0. The van der Waals surface area contributed by atoms with Crippen molar-refractivity contribution in [2.24, 2.45) is 0 Å². The number of aromatic nitrogens is 1. The van der Waals surface area contributed by atoms with E-state index in [1.807, 2.05) is 0 Å². The van der Waals surface area contributed by atoms with Crippen LogP contribution in [-0.4, -0.2) is 16.3 Å². The summed E-state index contributed by atoms with van der Waals surface area (Å²) in [7, 11) is 0. The molecule has 1 aromatic rings. The van der Waals surface area contributed by atoms with Crippen molar-refractivity contribution >= 4 is 0 Å². The van der Waals surface area contributed by atoms with E-state index in [4.69, 9.17) is 5.11 Å². The molecule has 0 aliphatic rings. The maximum absolute atomic E-state index is 8.87. The van der Waals surface area contributed by atoms with Gasteiger partial charge in [0.05, 0.1) is 6.61 Å². The van der Waals surface area contributed by atoms with Gasteiger partial charge in [0.1, 0.15) is 0 Å². The van der Waals surface area contributed by atoms with E-state index in [1.54, 1.807) is 0 Å². The van der Waals surface area contributed by atoms with Gasteiger partial charge in [0.2, 0.25) is 0 Å². The monoisotopic (exact) mass is 181 g/mol. The Morgan fingerprint density at radius 2 is 2.15 bits per heavy atom. The van der Waals surface area contributed by atoms with Crippen molar-refractivity contribution in [1.82, 2.24) is 4.57 Å². The molecule has 0 aliphatic heterocycles. The molecule has 1 aromatic heterocycles. The fraction of sp³-hybridized carbons (Fsp3) is 0.636. The maximum atomic E-state index is 8.87. The van der Waals surface area contributed by atoms with Crippen molar-refractivity contribution in [1.29, 1.82) is 0 Å². The summed E-state index contributed by atoms with van der Waals surface area (Å²) in [4.78, 5) is 0. The molecule has 2 nitrogen and oxygen atoms in total. The van der Waals surface area contributed by atoms with E-state index in [0.717, 1.165) is 19.4 Å². The Balaban J connectivity index is 2.85. The third-order valence-corrected chi connectivity index (χ3v) is 2.38. The lowest BCUT2D eigenvalue weighted by molar-refractivity contribution is 0.274. The molecule has 0 saturated carbocycles. The summed E-state index contributed by atoms with van der Waals surface area (Å²) in [6.45, 7) is 5.33. The fourth-order valence-electron chi connectivity index (χ4n) is 1.73. The average Bonchev–Trinajstić information content (AvgIpc) is 2.50. The number of hydrogen-bond donors (Lipinski definition) is 1. The van der Waals surface area contributed by atoms with E-state index in [1.165, 1.54) is 17.7 Å². The number of rotatable bonds is 5. The van der Waals surface area contributed by atoms with Gasteiger partial charge in [0, 0.05) is 18.4 Å². The second-order valence-electron chi connectivity index (χ2n) is 3.31. The highest BCUT2D eigenvalue weighted by Crippen LogP contribution is 2.13. The Hall–Kier alpha value is -0.760. The minimum absolute atomic E-state index is 0.231. The normalized spacial score (nSPS) is 10.7. The van der Waals surface area contributed by atoms with Crippen molar-refractivity contribution in [2.75, 3.05) is 6.61 Å². The summed E-state index contributed by atoms with van der Waals surface area (Å²) in [6.07, 6.45) is 5.46. The molecule has 1 heterocycles. The van der Waals surface area contributed by atoms with Crippen molar-refractivity contribution in [3.05, 3.63) is 23.5 Å². The summed E-state index contributed by atoms with van der Waals surface area (Å²) in [6, 6.07) is 2.17. The lowest BCUT2D eigenvalue weighted by Crippen LogP contribution is -2.06. The molecule has 0 radical (unpaired) electrons. The Bertz CT molecular complexity index is 253. The molecular weight excluding hydrogens is 162 g/mol. The SMILES string of the molecule is CCCc1c(CC)ccn1CCO. The first-order chi connectivity index (χ1) is 6.33. The minimum Gasteiger partial charge on any atom is -0.395 e. The highest BCUT2D eigenvalue weighted by atomic mass is 16.3. The first kappa shape index (κ1) is 10.3. The first-order valence-electron chi connectivity index (χ1n) is 5.11. The van der Waals surface area contributed by atoms with Crippen LogP contribution >= 0.6 is 0 Å². The molecule has 2 heteroatoms.